The van der Waals surface area contributed by atoms with E-state index < -0.39 is 23.3 Å². The van der Waals surface area contributed by atoms with Crippen LogP contribution in [0, 0.1) is 11.6 Å². The molecule has 1 amide bonds. The molecule has 0 bridgehead atoms. The van der Waals surface area contributed by atoms with Crippen molar-refractivity contribution in [2.24, 2.45) is 0 Å². The molecule has 3 rings (SSSR count). The Morgan fingerprint density at radius 3 is 2.50 bits per heavy atom. The normalized spacial score (nSPS) is 10.6. The van der Waals surface area contributed by atoms with Crippen molar-refractivity contribution in [2.45, 2.75) is 0 Å². The lowest BCUT2D eigenvalue weighted by Crippen LogP contribution is -2.13. The van der Waals surface area contributed by atoms with E-state index in [9.17, 15) is 13.6 Å². The summed E-state index contributed by atoms with van der Waals surface area (Å²) in [5.41, 5.74) is 0.760. The van der Waals surface area contributed by atoms with E-state index in [4.69, 9.17) is 5.11 Å². The average molecular weight is 300 g/mol. The van der Waals surface area contributed by atoms with Gasteiger partial charge in [-0.15, -0.1) is 0 Å². The second-order valence-corrected chi connectivity index (χ2v) is 4.62. The summed E-state index contributed by atoms with van der Waals surface area (Å²) in [5, 5.41) is 12.4. The first-order valence-electron chi connectivity index (χ1n) is 6.39. The molecular weight excluding hydrogens is 290 g/mol. The quantitative estimate of drug-likeness (QED) is 0.761. The fourth-order valence-electron chi connectivity index (χ4n) is 2.10. The predicted octanol–water partition coefficient (Wildman–Crippen LogP) is 3.47. The molecule has 0 aliphatic carbocycles. The molecule has 0 atom stereocenters. The first-order chi connectivity index (χ1) is 10.6. The lowest BCUT2D eigenvalue weighted by atomic mass is 10.1. The van der Waals surface area contributed by atoms with E-state index >= 15 is 0 Å². The molecule has 2 aromatic carbocycles. The van der Waals surface area contributed by atoms with Crippen LogP contribution in [0.5, 0.6) is 5.75 Å². The summed E-state index contributed by atoms with van der Waals surface area (Å²) < 4.78 is 26.6. The van der Waals surface area contributed by atoms with Crippen molar-refractivity contribution in [3.63, 3.8) is 0 Å². The minimum atomic E-state index is -1.19. The Bertz CT molecular complexity index is 853. The van der Waals surface area contributed by atoms with Crippen LogP contribution in [-0.2, 0) is 0 Å². The smallest absolute Gasteiger partial charge is 0.255 e. The number of para-hydroxylation sites is 1. The molecule has 110 valence electrons. The van der Waals surface area contributed by atoms with Gasteiger partial charge in [-0.1, -0.05) is 18.2 Å². The summed E-state index contributed by atoms with van der Waals surface area (Å²) in [4.78, 5) is 16.3. The van der Waals surface area contributed by atoms with Gasteiger partial charge in [0.05, 0.1) is 11.2 Å². The molecular formula is C16H10F2N2O2. The number of aromatic hydroxyl groups is 1. The fraction of sp³-hybridized carbons (Fsp3) is 0. The molecule has 1 heterocycles. The number of carbonyl (C=O) groups excluding carboxylic acids is 1. The molecule has 0 saturated carbocycles. The van der Waals surface area contributed by atoms with Crippen molar-refractivity contribution >= 4 is 22.5 Å². The summed E-state index contributed by atoms with van der Waals surface area (Å²) in [6, 6.07) is 10.3. The lowest BCUT2D eigenvalue weighted by Gasteiger charge is -2.08. The van der Waals surface area contributed by atoms with Crippen molar-refractivity contribution in [1.29, 1.82) is 0 Å². The maximum atomic E-state index is 13.3. The number of pyridine rings is 1. The van der Waals surface area contributed by atoms with E-state index in [0.29, 0.717) is 11.2 Å². The topological polar surface area (TPSA) is 62.2 Å². The van der Waals surface area contributed by atoms with E-state index in [1.165, 1.54) is 0 Å². The number of carbonyl (C=O) groups is 1. The van der Waals surface area contributed by atoms with Crippen LogP contribution >= 0.6 is 0 Å². The van der Waals surface area contributed by atoms with Crippen molar-refractivity contribution in [3.05, 3.63) is 65.9 Å². The van der Waals surface area contributed by atoms with Crippen molar-refractivity contribution in [3.8, 4) is 5.75 Å². The van der Waals surface area contributed by atoms with Gasteiger partial charge >= 0.3 is 0 Å². The number of benzene rings is 2. The zero-order valence-electron chi connectivity index (χ0n) is 11.2. The van der Waals surface area contributed by atoms with Crippen LogP contribution in [0.1, 0.15) is 10.4 Å². The number of anilines is 1. The van der Waals surface area contributed by atoms with Gasteiger partial charge < -0.3 is 10.4 Å². The van der Waals surface area contributed by atoms with Gasteiger partial charge in [0.1, 0.15) is 0 Å². The van der Waals surface area contributed by atoms with Gasteiger partial charge in [0.15, 0.2) is 17.4 Å². The number of halogens is 2. The zero-order valence-corrected chi connectivity index (χ0v) is 11.2. The monoisotopic (exact) mass is 300 g/mol. The van der Waals surface area contributed by atoms with Gasteiger partial charge in [-0.05, 0) is 24.3 Å². The van der Waals surface area contributed by atoms with Gasteiger partial charge in [-0.3, -0.25) is 9.78 Å². The number of hydrogen-bond donors (Lipinski definition) is 2. The van der Waals surface area contributed by atoms with Crippen LogP contribution < -0.4 is 5.32 Å². The zero-order chi connectivity index (χ0) is 15.7. The third-order valence-corrected chi connectivity index (χ3v) is 3.16. The van der Waals surface area contributed by atoms with Crippen molar-refractivity contribution < 1.29 is 18.7 Å². The Hall–Kier alpha value is -3.02. The van der Waals surface area contributed by atoms with Crippen LogP contribution in [0.15, 0.2) is 48.7 Å². The standard InChI is InChI=1S/C16H10F2N2O2/c17-11-7-10(8-12(18)15(11)21)16(22)20-13-5-1-3-9-4-2-6-19-14(9)13/h1-8,21H,(H,20,22). The molecule has 0 unspecified atom stereocenters. The number of nitrogens with zero attached hydrogens (tertiary/aromatic N) is 1. The van der Waals surface area contributed by atoms with Crippen molar-refractivity contribution in [2.75, 3.05) is 5.32 Å². The van der Waals surface area contributed by atoms with Gasteiger partial charge in [0.2, 0.25) is 0 Å². The van der Waals surface area contributed by atoms with E-state index in [1.807, 2.05) is 12.1 Å². The summed E-state index contributed by atoms with van der Waals surface area (Å²) >= 11 is 0. The Morgan fingerprint density at radius 1 is 1.09 bits per heavy atom. The maximum absolute atomic E-state index is 13.3. The highest BCUT2D eigenvalue weighted by Crippen LogP contribution is 2.24. The largest absolute Gasteiger partial charge is 0.503 e. The minimum Gasteiger partial charge on any atom is -0.503 e. The minimum absolute atomic E-state index is 0.235. The third kappa shape index (κ3) is 2.46. The highest BCUT2D eigenvalue weighted by atomic mass is 19.1. The molecule has 22 heavy (non-hydrogen) atoms. The molecule has 0 fully saturated rings. The number of fused-ring (bicyclic) bond motifs is 1. The number of phenolic OH excluding ortho intramolecular Hbond substituents is 1. The van der Waals surface area contributed by atoms with Crippen LogP contribution in [0.3, 0.4) is 0 Å². The van der Waals surface area contributed by atoms with Gasteiger partial charge in [0.25, 0.3) is 5.91 Å². The number of rotatable bonds is 2. The first kappa shape index (κ1) is 13.9. The molecule has 3 aromatic rings. The summed E-state index contributed by atoms with van der Waals surface area (Å²) in [6.45, 7) is 0. The molecule has 0 aliphatic heterocycles. The second kappa shape index (κ2) is 5.40. The molecule has 2 N–H and O–H groups in total. The van der Waals surface area contributed by atoms with Crippen LogP contribution in [0.2, 0.25) is 0 Å². The van der Waals surface area contributed by atoms with Gasteiger partial charge in [-0.2, -0.15) is 0 Å². The van der Waals surface area contributed by atoms with Crippen molar-refractivity contribution in [1.82, 2.24) is 4.98 Å². The maximum Gasteiger partial charge on any atom is 0.255 e. The Balaban J connectivity index is 1.97. The Morgan fingerprint density at radius 2 is 1.77 bits per heavy atom. The predicted molar refractivity (Wildman–Crippen MR) is 77.7 cm³/mol. The van der Waals surface area contributed by atoms with Gasteiger partial charge in [-0.25, -0.2) is 8.78 Å². The molecule has 6 heteroatoms. The lowest BCUT2D eigenvalue weighted by molar-refractivity contribution is 0.102. The number of aromatic nitrogens is 1. The fourth-order valence-corrected chi connectivity index (χ4v) is 2.10. The molecule has 0 radical (unpaired) electrons. The molecule has 1 aromatic heterocycles. The SMILES string of the molecule is O=C(Nc1cccc2cccnc12)c1cc(F)c(O)c(F)c1. The summed E-state index contributed by atoms with van der Waals surface area (Å²) in [7, 11) is 0. The number of amides is 1. The highest BCUT2D eigenvalue weighted by Gasteiger charge is 2.15. The van der Waals surface area contributed by atoms with E-state index in [1.54, 1.807) is 24.4 Å². The Labute approximate surface area is 124 Å². The number of hydrogen-bond acceptors (Lipinski definition) is 3. The molecule has 0 aliphatic rings. The molecule has 0 spiro atoms. The van der Waals surface area contributed by atoms with Crippen LogP contribution in [0.25, 0.3) is 10.9 Å². The summed E-state index contributed by atoms with van der Waals surface area (Å²) in [5.74, 6) is -4.19. The third-order valence-electron chi connectivity index (χ3n) is 3.16. The number of nitrogens with one attached hydrogen (secondary N) is 1. The molecule has 4 nitrogen and oxygen atoms in total. The average Bonchev–Trinajstić information content (AvgIpc) is 2.52. The number of phenols is 1. The first-order valence-corrected chi connectivity index (χ1v) is 6.39. The van der Waals surface area contributed by atoms with E-state index in [-0.39, 0.29) is 5.56 Å². The highest BCUT2D eigenvalue weighted by molar-refractivity contribution is 6.08. The van der Waals surface area contributed by atoms with E-state index in [2.05, 4.69) is 10.3 Å². The van der Waals surface area contributed by atoms with E-state index in [0.717, 1.165) is 17.5 Å². The van der Waals surface area contributed by atoms with Gasteiger partial charge in [0, 0.05) is 17.1 Å². The van der Waals surface area contributed by atoms with Crippen LogP contribution in [-0.4, -0.2) is 16.0 Å². The summed E-state index contributed by atoms with van der Waals surface area (Å²) in [6.07, 6.45) is 1.58. The molecule has 0 saturated heterocycles. The Kier molecular flexibility index (Phi) is 3.42. The second-order valence-electron chi connectivity index (χ2n) is 4.62. The van der Waals surface area contributed by atoms with Crippen LogP contribution in [0.4, 0.5) is 14.5 Å².